The average molecular weight is 302 g/mol. The number of benzene rings is 1. The Hall–Kier alpha value is -2.36. The lowest BCUT2D eigenvalue weighted by Crippen LogP contribution is -2.01. The predicted molar refractivity (Wildman–Crippen MR) is 82.4 cm³/mol. The van der Waals surface area contributed by atoms with Crippen LogP contribution in [0.2, 0.25) is 0 Å². The monoisotopic (exact) mass is 302 g/mol. The molecule has 108 valence electrons. The van der Waals surface area contributed by atoms with Crippen molar-refractivity contribution in [2.24, 2.45) is 5.73 Å². The second kappa shape index (κ2) is 6.88. The highest BCUT2D eigenvalue weighted by molar-refractivity contribution is 7.10. The third kappa shape index (κ3) is 3.60. The van der Waals surface area contributed by atoms with Gasteiger partial charge in [0.2, 0.25) is 0 Å². The molecule has 2 aromatic rings. The molecule has 0 spiro atoms. The molecule has 0 bridgehead atoms. The van der Waals surface area contributed by atoms with Crippen LogP contribution in [-0.4, -0.2) is 11.5 Å². The van der Waals surface area contributed by atoms with E-state index in [1.807, 2.05) is 11.4 Å². The molecule has 0 fully saturated rings. The second-order valence-corrected chi connectivity index (χ2v) is 5.23. The van der Waals surface area contributed by atoms with Crippen molar-refractivity contribution in [2.75, 3.05) is 6.54 Å². The fourth-order valence-corrected chi connectivity index (χ4v) is 2.56. The maximum absolute atomic E-state index is 11.0. The molecule has 6 heteroatoms. The average Bonchev–Trinajstić information content (AvgIpc) is 2.90. The summed E-state index contributed by atoms with van der Waals surface area (Å²) in [5.74, 6) is 6.05. The van der Waals surface area contributed by atoms with Crippen LogP contribution in [-0.2, 0) is 6.61 Å². The molecule has 0 atom stereocenters. The van der Waals surface area contributed by atoms with Gasteiger partial charge < -0.3 is 10.5 Å². The van der Waals surface area contributed by atoms with Gasteiger partial charge in [-0.15, -0.1) is 11.3 Å². The third-order valence-corrected chi connectivity index (χ3v) is 3.70. The highest BCUT2D eigenvalue weighted by Gasteiger charge is 2.17. The normalized spacial score (nSPS) is 9.81. The quantitative estimate of drug-likeness (QED) is 0.535. The van der Waals surface area contributed by atoms with E-state index in [0.29, 0.717) is 12.3 Å². The van der Waals surface area contributed by atoms with E-state index in [1.165, 1.54) is 17.4 Å². The summed E-state index contributed by atoms with van der Waals surface area (Å²) < 4.78 is 5.66. The van der Waals surface area contributed by atoms with Crippen molar-refractivity contribution < 1.29 is 9.66 Å². The van der Waals surface area contributed by atoms with Crippen LogP contribution in [0.15, 0.2) is 29.6 Å². The van der Waals surface area contributed by atoms with Crippen LogP contribution in [0.3, 0.4) is 0 Å². The number of nitrogens with zero attached hydrogens (tertiary/aromatic N) is 1. The van der Waals surface area contributed by atoms with Crippen molar-refractivity contribution in [3.8, 4) is 17.6 Å². The number of rotatable bonds is 4. The van der Waals surface area contributed by atoms with Crippen molar-refractivity contribution in [3.63, 3.8) is 0 Å². The minimum Gasteiger partial charge on any atom is -0.481 e. The van der Waals surface area contributed by atoms with Crippen molar-refractivity contribution in [3.05, 3.63) is 55.8 Å². The summed E-state index contributed by atoms with van der Waals surface area (Å²) in [6.45, 7) is 2.32. The number of nitro groups is 1. The predicted octanol–water partition coefficient (Wildman–Crippen LogP) is 2.85. The summed E-state index contributed by atoms with van der Waals surface area (Å²) >= 11 is 1.50. The number of thiophene rings is 1. The Bertz CT molecular complexity index is 713. The van der Waals surface area contributed by atoms with E-state index in [-0.39, 0.29) is 12.3 Å². The molecule has 0 aliphatic rings. The number of ether oxygens (including phenoxy) is 1. The Kier molecular flexibility index (Phi) is 4.93. The molecule has 0 radical (unpaired) electrons. The fourth-order valence-electron chi connectivity index (χ4n) is 1.82. The summed E-state index contributed by atoms with van der Waals surface area (Å²) in [6.07, 6.45) is 0. The lowest BCUT2D eigenvalue weighted by Gasteiger charge is -2.08. The van der Waals surface area contributed by atoms with Gasteiger partial charge in [-0.25, -0.2) is 0 Å². The molecule has 0 aliphatic carbocycles. The van der Waals surface area contributed by atoms with Crippen LogP contribution < -0.4 is 10.5 Å². The molecular weight excluding hydrogens is 288 g/mol. The van der Waals surface area contributed by atoms with Gasteiger partial charge in [-0.2, -0.15) is 0 Å². The van der Waals surface area contributed by atoms with Gasteiger partial charge in [0.15, 0.2) is 5.75 Å². The number of hydrogen-bond donors (Lipinski definition) is 1. The van der Waals surface area contributed by atoms with E-state index in [4.69, 9.17) is 10.5 Å². The SMILES string of the molecule is Cc1cccc([N+](=O)[O-])c1OCc1sccc1C#CCN. The molecule has 2 N–H and O–H groups in total. The summed E-state index contributed by atoms with van der Waals surface area (Å²) in [6, 6.07) is 6.75. The van der Waals surface area contributed by atoms with Crippen LogP contribution in [0, 0.1) is 28.9 Å². The Morgan fingerprint density at radius 3 is 2.95 bits per heavy atom. The topological polar surface area (TPSA) is 78.4 Å². The van der Waals surface area contributed by atoms with Crippen molar-refractivity contribution in [1.29, 1.82) is 0 Å². The third-order valence-electron chi connectivity index (χ3n) is 2.81. The van der Waals surface area contributed by atoms with E-state index in [9.17, 15) is 10.1 Å². The minimum absolute atomic E-state index is 0.0267. The highest BCUT2D eigenvalue weighted by atomic mass is 32.1. The molecule has 0 saturated heterocycles. The molecule has 1 aromatic heterocycles. The summed E-state index contributed by atoms with van der Waals surface area (Å²) in [7, 11) is 0. The lowest BCUT2D eigenvalue weighted by atomic mass is 10.2. The van der Waals surface area contributed by atoms with Crippen LogP contribution in [0.4, 0.5) is 5.69 Å². The van der Waals surface area contributed by atoms with Gasteiger partial charge in [-0.3, -0.25) is 10.1 Å². The zero-order chi connectivity index (χ0) is 15.2. The number of hydrogen-bond acceptors (Lipinski definition) is 5. The zero-order valence-corrected chi connectivity index (χ0v) is 12.3. The van der Waals surface area contributed by atoms with Crippen LogP contribution in [0.1, 0.15) is 16.0 Å². The smallest absolute Gasteiger partial charge is 0.311 e. The molecule has 0 aliphatic heterocycles. The van der Waals surface area contributed by atoms with E-state index < -0.39 is 4.92 Å². The molecule has 0 amide bonds. The molecule has 0 unspecified atom stereocenters. The van der Waals surface area contributed by atoms with Crippen LogP contribution >= 0.6 is 11.3 Å². The number of aryl methyl sites for hydroxylation is 1. The van der Waals surface area contributed by atoms with Crippen LogP contribution in [0.5, 0.6) is 5.75 Å². The van der Waals surface area contributed by atoms with E-state index in [1.54, 1.807) is 19.1 Å². The molecule has 5 nitrogen and oxygen atoms in total. The van der Waals surface area contributed by atoms with Gasteiger partial charge in [-0.1, -0.05) is 24.0 Å². The first-order chi connectivity index (χ1) is 10.1. The largest absolute Gasteiger partial charge is 0.481 e. The zero-order valence-electron chi connectivity index (χ0n) is 11.5. The maximum Gasteiger partial charge on any atom is 0.311 e. The van der Waals surface area contributed by atoms with Crippen molar-refractivity contribution in [2.45, 2.75) is 13.5 Å². The number of para-hydroxylation sites is 1. The summed E-state index contributed by atoms with van der Waals surface area (Å²) in [4.78, 5) is 11.5. The lowest BCUT2D eigenvalue weighted by molar-refractivity contribution is -0.386. The van der Waals surface area contributed by atoms with Gasteiger partial charge in [0.1, 0.15) is 6.61 Å². The first-order valence-corrected chi connectivity index (χ1v) is 7.13. The highest BCUT2D eigenvalue weighted by Crippen LogP contribution is 2.31. The minimum atomic E-state index is -0.439. The summed E-state index contributed by atoms with van der Waals surface area (Å²) in [5.41, 5.74) is 6.91. The Labute approximate surface area is 126 Å². The first kappa shape index (κ1) is 15.0. The number of nitro benzene ring substituents is 1. The van der Waals surface area contributed by atoms with E-state index in [0.717, 1.165) is 16.0 Å². The first-order valence-electron chi connectivity index (χ1n) is 6.25. The van der Waals surface area contributed by atoms with Gasteiger partial charge in [0, 0.05) is 11.6 Å². The second-order valence-electron chi connectivity index (χ2n) is 4.23. The Balaban J connectivity index is 2.21. The van der Waals surface area contributed by atoms with Gasteiger partial charge in [0.25, 0.3) is 0 Å². The molecule has 1 aromatic carbocycles. The van der Waals surface area contributed by atoms with Gasteiger partial charge in [0.05, 0.1) is 16.3 Å². The standard InChI is InChI=1S/C15H14N2O3S/c1-11-4-2-6-13(17(18)19)15(11)20-10-14-12(5-3-8-16)7-9-21-14/h2,4,6-7,9H,8,10,16H2,1H3. The maximum atomic E-state index is 11.0. The molecule has 1 heterocycles. The Morgan fingerprint density at radius 2 is 2.24 bits per heavy atom. The van der Waals surface area contributed by atoms with Crippen molar-refractivity contribution >= 4 is 17.0 Å². The van der Waals surface area contributed by atoms with E-state index >= 15 is 0 Å². The van der Waals surface area contributed by atoms with Crippen LogP contribution in [0.25, 0.3) is 0 Å². The van der Waals surface area contributed by atoms with Gasteiger partial charge in [-0.05, 0) is 23.9 Å². The summed E-state index contributed by atoms with van der Waals surface area (Å²) in [5, 5.41) is 12.9. The Morgan fingerprint density at radius 1 is 1.43 bits per heavy atom. The van der Waals surface area contributed by atoms with E-state index in [2.05, 4.69) is 11.8 Å². The molecular formula is C15H14N2O3S. The molecule has 2 rings (SSSR count). The van der Waals surface area contributed by atoms with Gasteiger partial charge >= 0.3 is 5.69 Å². The fraction of sp³-hybridized carbons (Fsp3) is 0.200. The molecule has 21 heavy (non-hydrogen) atoms. The number of nitrogens with two attached hydrogens (primary N) is 1. The van der Waals surface area contributed by atoms with Crippen molar-refractivity contribution in [1.82, 2.24) is 0 Å². The molecule has 0 saturated carbocycles.